The molecule has 29 heavy (non-hydrogen) atoms. The molecule has 0 saturated carbocycles. The van der Waals surface area contributed by atoms with E-state index in [-0.39, 0.29) is 12.4 Å². The normalized spacial score (nSPS) is 18.1. The highest BCUT2D eigenvalue weighted by atomic mass is 35.5. The third kappa shape index (κ3) is 4.02. The first-order chi connectivity index (χ1) is 13.8. The van der Waals surface area contributed by atoms with Crippen LogP contribution in [0.4, 0.5) is 11.6 Å². The number of benzene rings is 1. The summed E-state index contributed by atoms with van der Waals surface area (Å²) in [5.41, 5.74) is 3.06. The molecule has 2 aromatic heterocycles. The van der Waals surface area contributed by atoms with Gasteiger partial charge in [-0.3, -0.25) is 5.10 Å². The maximum atomic E-state index is 5.14. The van der Waals surface area contributed by atoms with Crippen molar-refractivity contribution in [3.8, 4) is 11.3 Å². The number of aromatic amines is 1. The summed E-state index contributed by atoms with van der Waals surface area (Å²) in [6.45, 7) is 6.39. The second-order valence-electron chi connectivity index (χ2n) is 7.91. The summed E-state index contributed by atoms with van der Waals surface area (Å²) in [7, 11) is 2.20. The van der Waals surface area contributed by atoms with Crippen LogP contribution in [0.3, 0.4) is 0 Å². The third-order valence-electron chi connectivity index (χ3n) is 5.90. The van der Waals surface area contributed by atoms with Crippen LogP contribution in [-0.2, 0) is 0 Å². The Bertz CT molecular complexity index is 967. The summed E-state index contributed by atoms with van der Waals surface area (Å²) in [4.78, 5) is 17.3. The van der Waals surface area contributed by atoms with Crippen LogP contribution in [0, 0.1) is 0 Å². The number of likely N-dealkylation sites (N-methyl/N-ethyl adjacent to an activating group) is 1. The van der Waals surface area contributed by atoms with Crippen LogP contribution in [-0.4, -0.2) is 71.4 Å². The maximum Gasteiger partial charge on any atom is 0.172 e. The van der Waals surface area contributed by atoms with E-state index in [2.05, 4.69) is 50.1 Å². The Hall–Kier alpha value is -2.38. The zero-order chi connectivity index (χ0) is 18.9. The molecule has 0 spiro atoms. The van der Waals surface area contributed by atoms with E-state index in [1.165, 1.54) is 12.8 Å². The molecule has 3 aromatic rings. The molecule has 0 aliphatic carbocycles. The fourth-order valence-corrected chi connectivity index (χ4v) is 4.24. The third-order valence-corrected chi connectivity index (χ3v) is 5.90. The highest BCUT2D eigenvalue weighted by Crippen LogP contribution is 2.32. The van der Waals surface area contributed by atoms with E-state index in [0.29, 0.717) is 0 Å². The molecule has 1 aromatic carbocycles. The van der Waals surface area contributed by atoms with Crippen LogP contribution in [0.2, 0.25) is 0 Å². The summed E-state index contributed by atoms with van der Waals surface area (Å²) < 4.78 is 0. The molecule has 2 aliphatic heterocycles. The molecule has 0 unspecified atom stereocenters. The van der Waals surface area contributed by atoms with Gasteiger partial charge < -0.3 is 14.7 Å². The monoisotopic (exact) mass is 413 g/mol. The summed E-state index contributed by atoms with van der Waals surface area (Å²) >= 11 is 0. The zero-order valence-corrected chi connectivity index (χ0v) is 17.7. The van der Waals surface area contributed by atoms with Crippen molar-refractivity contribution >= 4 is 34.9 Å². The van der Waals surface area contributed by atoms with Crippen molar-refractivity contribution in [2.24, 2.45) is 0 Å². The molecule has 2 fully saturated rings. The van der Waals surface area contributed by atoms with Crippen LogP contribution in [0.1, 0.15) is 19.3 Å². The summed E-state index contributed by atoms with van der Waals surface area (Å²) in [6, 6.07) is 6.30. The molecule has 0 atom stereocenters. The van der Waals surface area contributed by atoms with Crippen LogP contribution in [0.25, 0.3) is 22.2 Å². The van der Waals surface area contributed by atoms with E-state index in [1.807, 2.05) is 12.4 Å². The van der Waals surface area contributed by atoms with Gasteiger partial charge in [0.05, 0.1) is 23.6 Å². The Balaban J connectivity index is 0.00000205. The summed E-state index contributed by atoms with van der Waals surface area (Å²) in [5.74, 6) is 2.09. The number of nitrogens with zero attached hydrogens (tertiary/aromatic N) is 6. The van der Waals surface area contributed by atoms with Crippen molar-refractivity contribution < 1.29 is 0 Å². The fourth-order valence-electron chi connectivity index (χ4n) is 4.24. The van der Waals surface area contributed by atoms with Crippen LogP contribution in [0.5, 0.6) is 0 Å². The van der Waals surface area contributed by atoms with Gasteiger partial charge in [-0.1, -0.05) is 6.07 Å². The van der Waals surface area contributed by atoms with Crippen LogP contribution < -0.4 is 9.80 Å². The van der Waals surface area contributed by atoms with Crippen LogP contribution in [0.15, 0.2) is 30.6 Å². The predicted octanol–water partition coefficient (Wildman–Crippen LogP) is 3.18. The minimum absolute atomic E-state index is 0. The predicted molar refractivity (Wildman–Crippen MR) is 120 cm³/mol. The quantitative estimate of drug-likeness (QED) is 0.711. The first-order valence-corrected chi connectivity index (χ1v) is 10.3. The Morgan fingerprint density at radius 3 is 2.52 bits per heavy atom. The van der Waals surface area contributed by atoms with Crippen molar-refractivity contribution in [1.29, 1.82) is 0 Å². The highest BCUT2D eigenvalue weighted by molar-refractivity contribution is 5.85. The number of H-pyrrole nitrogens is 1. The first kappa shape index (κ1) is 19.9. The van der Waals surface area contributed by atoms with E-state index in [9.17, 15) is 0 Å². The molecule has 0 radical (unpaired) electrons. The van der Waals surface area contributed by atoms with Crippen LogP contribution >= 0.6 is 12.4 Å². The smallest absolute Gasteiger partial charge is 0.172 e. The lowest BCUT2D eigenvalue weighted by Gasteiger charge is -2.27. The van der Waals surface area contributed by atoms with Gasteiger partial charge in [-0.2, -0.15) is 5.10 Å². The second kappa shape index (κ2) is 8.55. The molecule has 2 saturated heterocycles. The lowest BCUT2D eigenvalue weighted by atomic mass is 10.1. The van der Waals surface area contributed by atoms with Gasteiger partial charge in [0.15, 0.2) is 11.6 Å². The molecule has 7 nitrogen and oxygen atoms in total. The molecule has 4 heterocycles. The molecule has 0 amide bonds. The minimum Gasteiger partial charge on any atom is -0.354 e. The molecule has 154 valence electrons. The SMILES string of the molecule is CN1CCCN(c2nc(-c3ccc4[nH]ncc4c3)cnc2N2CCCC2)CC1.Cl. The number of halogens is 1. The molecule has 0 bridgehead atoms. The lowest BCUT2D eigenvalue weighted by molar-refractivity contribution is 0.360. The maximum absolute atomic E-state index is 5.14. The van der Waals surface area contributed by atoms with Crippen molar-refractivity contribution in [2.75, 3.05) is 56.1 Å². The molecule has 1 N–H and O–H groups in total. The fraction of sp³-hybridized carbons (Fsp3) is 0.476. The minimum atomic E-state index is 0. The lowest BCUT2D eigenvalue weighted by Crippen LogP contribution is -2.32. The highest BCUT2D eigenvalue weighted by Gasteiger charge is 2.24. The van der Waals surface area contributed by atoms with Gasteiger partial charge in [-0.05, 0) is 45.0 Å². The van der Waals surface area contributed by atoms with E-state index >= 15 is 0 Å². The van der Waals surface area contributed by atoms with Crippen molar-refractivity contribution in [3.63, 3.8) is 0 Å². The topological polar surface area (TPSA) is 64.2 Å². The number of anilines is 2. The number of aromatic nitrogens is 4. The average Bonchev–Trinajstić information content (AvgIpc) is 3.37. The van der Waals surface area contributed by atoms with Gasteiger partial charge >= 0.3 is 0 Å². The number of rotatable bonds is 3. The number of fused-ring (bicyclic) bond motifs is 1. The Morgan fingerprint density at radius 1 is 0.862 bits per heavy atom. The van der Waals surface area contributed by atoms with Gasteiger partial charge in [0.1, 0.15) is 0 Å². The Morgan fingerprint density at radius 2 is 1.66 bits per heavy atom. The zero-order valence-electron chi connectivity index (χ0n) is 16.8. The van der Waals surface area contributed by atoms with Crippen molar-refractivity contribution in [3.05, 3.63) is 30.6 Å². The van der Waals surface area contributed by atoms with E-state index in [1.54, 1.807) is 0 Å². The van der Waals surface area contributed by atoms with E-state index in [0.717, 1.165) is 79.5 Å². The Labute approximate surface area is 177 Å². The van der Waals surface area contributed by atoms with Gasteiger partial charge in [-0.25, -0.2) is 9.97 Å². The number of nitrogens with one attached hydrogen (secondary N) is 1. The second-order valence-corrected chi connectivity index (χ2v) is 7.91. The van der Waals surface area contributed by atoms with E-state index < -0.39 is 0 Å². The summed E-state index contributed by atoms with van der Waals surface area (Å²) in [6.07, 6.45) is 7.42. The molecular weight excluding hydrogens is 386 g/mol. The van der Waals surface area contributed by atoms with Gasteiger partial charge in [0.25, 0.3) is 0 Å². The number of hydrogen-bond acceptors (Lipinski definition) is 6. The Kier molecular flexibility index (Phi) is 5.87. The molecule has 2 aliphatic rings. The van der Waals surface area contributed by atoms with Gasteiger partial charge in [0, 0.05) is 43.7 Å². The first-order valence-electron chi connectivity index (χ1n) is 10.3. The molecular formula is C21H28ClN7. The van der Waals surface area contributed by atoms with Gasteiger partial charge in [-0.15, -0.1) is 12.4 Å². The van der Waals surface area contributed by atoms with Crippen molar-refractivity contribution in [1.82, 2.24) is 25.1 Å². The van der Waals surface area contributed by atoms with E-state index in [4.69, 9.17) is 9.97 Å². The molecule has 8 heteroatoms. The molecule has 5 rings (SSSR count). The summed E-state index contributed by atoms with van der Waals surface area (Å²) in [5, 5.41) is 8.24. The average molecular weight is 414 g/mol. The largest absolute Gasteiger partial charge is 0.354 e. The number of hydrogen-bond donors (Lipinski definition) is 1. The standard InChI is InChI=1S/C21H27N7.ClH/c1-26-7-4-10-28(12-11-26)21-20(27-8-2-3-9-27)22-15-19(24-21)16-5-6-18-17(13-16)14-23-25-18;/h5-6,13-15H,2-4,7-12H2,1H3,(H,23,25);1H. The van der Waals surface area contributed by atoms with Crippen molar-refractivity contribution in [2.45, 2.75) is 19.3 Å². The van der Waals surface area contributed by atoms with Gasteiger partial charge in [0.2, 0.25) is 0 Å².